The van der Waals surface area contributed by atoms with Crippen molar-refractivity contribution in [3.63, 3.8) is 0 Å². The van der Waals surface area contributed by atoms with E-state index < -0.39 is 0 Å². The first-order valence-electron chi connectivity index (χ1n) is 8.47. The minimum Gasteiger partial charge on any atom is -0.332 e. The van der Waals surface area contributed by atoms with E-state index in [0.717, 1.165) is 28.3 Å². The van der Waals surface area contributed by atoms with Gasteiger partial charge in [0.05, 0.1) is 10.8 Å². The molecule has 0 bridgehead atoms. The van der Waals surface area contributed by atoms with Crippen LogP contribution in [0.15, 0.2) is 47.8 Å². The summed E-state index contributed by atoms with van der Waals surface area (Å²) in [6, 6.07) is 11.9. The predicted octanol–water partition coefficient (Wildman–Crippen LogP) is 4.19. The van der Waals surface area contributed by atoms with Crippen LogP contribution >= 0.6 is 11.8 Å². The van der Waals surface area contributed by atoms with Gasteiger partial charge in [-0.05, 0) is 50.1 Å². The number of amides is 1. The number of carbonyl (C=O) groups is 1. The average molecular weight is 354 g/mol. The zero-order chi connectivity index (χ0) is 17.8. The van der Waals surface area contributed by atoms with Gasteiger partial charge >= 0.3 is 0 Å². The van der Waals surface area contributed by atoms with Gasteiger partial charge in [0.1, 0.15) is 0 Å². The van der Waals surface area contributed by atoms with Crippen LogP contribution in [-0.2, 0) is 4.79 Å². The SMILES string of the molecule is CC[C@H](Sc1nc2ncccc2[nH]1)C(=O)N(CC)c1cccc(C)c1. The number of H-pyrrole nitrogens is 1. The molecule has 25 heavy (non-hydrogen) atoms. The van der Waals surface area contributed by atoms with Gasteiger partial charge < -0.3 is 9.88 Å². The summed E-state index contributed by atoms with van der Waals surface area (Å²) in [7, 11) is 0. The summed E-state index contributed by atoms with van der Waals surface area (Å²) in [5, 5.41) is 0.537. The standard InChI is InChI=1S/C19H22N4OS/c1-4-16(25-19-21-15-10-7-11-20-17(15)22-19)18(24)23(5-2)14-9-6-8-13(3)12-14/h6-12,16H,4-5H2,1-3H3,(H,20,21,22)/t16-/m0/s1. The van der Waals surface area contributed by atoms with E-state index in [1.807, 2.05) is 62.1 Å². The van der Waals surface area contributed by atoms with E-state index in [9.17, 15) is 4.79 Å². The molecule has 0 saturated carbocycles. The fraction of sp³-hybridized carbons (Fsp3) is 0.316. The van der Waals surface area contributed by atoms with Crippen LogP contribution in [0.5, 0.6) is 0 Å². The number of anilines is 1. The highest BCUT2D eigenvalue weighted by atomic mass is 32.2. The number of carbonyl (C=O) groups excluding carboxylic acids is 1. The molecule has 0 fully saturated rings. The van der Waals surface area contributed by atoms with Crippen LogP contribution < -0.4 is 4.90 Å². The number of hydrogen-bond acceptors (Lipinski definition) is 4. The Labute approximate surface area is 151 Å². The van der Waals surface area contributed by atoms with Gasteiger partial charge in [-0.1, -0.05) is 30.8 Å². The van der Waals surface area contributed by atoms with Crippen molar-refractivity contribution in [2.24, 2.45) is 0 Å². The minimum atomic E-state index is -0.193. The number of thioether (sulfide) groups is 1. The van der Waals surface area contributed by atoms with Crippen molar-refractivity contribution in [2.45, 2.75) is 37.6 Å². The van der Waals surface area contributed by atoms with Crippen molar-refractivity contribution in [1.82, 2.24) is 15.0 Å². The highest BCUT2D eigenvalue weighted by Crippen LogP contribution is 2.28. The Morgan fingerprint density at radius 1 is 1.28 bits per heavy atom. The molecule has 6 heteroatoms. The van der Waals surface area contributed by atoms with E-state index in [2.05, 4.69) is 15.0 Å². The molecule has 1 N–H and O–H groups in total. The smallest absolute Gasteiger partial charge is 0.240 e. The maximum atomic E-state index is 13.1. The average Bonchev–Trinajstić information content (AvgIpc) is 3.02. The third-order valence-electron chi connectivity index (χ3n) is 4.03. The molecule has 0 aliphatic heterocycles. The number of aromatic amines is 1. The Kier molecular flexibility index (Phi) is 5.38. The van der Waals surface area contributed by atoms with E-state index in [1.54, 1.807) is 6.20 Å². The first kappa shape index (κ1) is 17.5. The van der Waals surface area contributed by atoms with Gasteiger partial charge in [-0.25, -0.2) is 9.97 Å². The van der Waals surface area contributed by atoms with E-state index in [1.165, 1.54) is 11.8 Å². The van der Waals surface area contributed by atoms with Crippen LogP contribution in [0.25, 0.3) is 11.2 Å². The Bertz CT molecular complexity index is 843. The first-order valence-corrected chi connectivity index (χ1v) is 9.35. The van der Waals surface area contributed by atoms with Crippen LogP contribution in [0, 0.1) is 6.92 Å². The molecular formula is C19H22N4OS. The summed E-state index contributed by atoms with van der Waals surface area (Å²) in [5.74, 6) is 0.106. The number of aromatic nitrogens is 3. The maximum Gasteiger partial charge on any atom is 0.240 e. The molecular weight excluding hydrogens is 332 g/mol. The molecule has 3 rings (SSSR count). The molecule has 0 aliphatic carbocycles. The Morgan fingerprint density at radius 3 is 2.80 bits per heavy atom. The molecule has 1 aromatic carbocycles. The van der Waals surface area contributed by atoms with Gasteiger partial charge in [-0.15, -0.1) is 0 Å². The molecule has 5 nitrogen and oxygen atoms in total. The lowest BCUT2D eigenvalue weighted by Gasteiger charge is -2.25. The molecule has 2 heterocycles. The zero-order valence-electron chi connectivity index (χ0n) is 14.7. The van der Waals surface area contributed by atoms with Crippen LogP contribution in [0.4, 0.5) is 5.69 Å². The van der Waals surface area contributed by atoms with Gasteiger partial charge in [0.25, 0.3) is 0 Å². The van der Waals surface area contributed by atoms with Crippen LogP contribution in [0.1, 0.15) is 25.8 Å². The second-order valence-corrected chi connectivity index (χ2v) is 7.04. The normalized spacial score (nSPS) is 12.3. The highest BCUT2D eigenvalue weighted by molar-refractivity contribution is 8.00. The molecule has 0 spiro atoms. The molecule has 1 amide bonds. The van der Waals surface area contributed by atoms with Gasteiger partial charge in [0, 0.05) is 18.4 Å². The second-order valence-electron chi connectivity index (χ2n) is 5.85. The Balaban J connectivity index is 1.82. The number of aryl methyl sites for hydroxylation is 1. The molecule has 0 radical (unpaired) electrons. The number of nitrogens with one attached hydrogen (secondary N) is 1. The molecule has 0 aliphatic rings. The summed E-state index contributed by atoms with van der Waals surface area (Å²) in [4.78, 5) is 26.9. The molecule has 3 aromatic rings. The molecule has 0 unspecified atom stereocenters. The number of imidazole rings is 1. The van der Waals surface area contributed by atoms with Crippen molar-refractivity contribution >= 4 is 34.5 Å². The van der Waals surface area contributed by atoms with Crippen molar-refractivity contribution in [2.75, 3.05) is 11.4 Å². The predicted molar refractivity (Wildman–Crippen MR) is 103 cm³/mol. The topological polar surface area (TPSA) is 61.9 Å². The second kappa shape index (κ2) is 7.70. The number of benzene rings is 1. The van der Waals surface area contributed by atoms with Gasteiger partial charge in [-0.2, -0.15) is 0 Å². The monoisotopic (exact) mass is 354 g/mol. The molecule has 1 atom stereocenters. The number of hydrogen-bond donors (Lipinski definition) is 1. The number of pyridine rings is 1. The van der Waals surface area contributed by atoms with E-state index in [-0.39, 0.29) is 11.2 Å². The minimum absolute atomic E-state index is 0.106. The van der Waals surface area contributed by atoms with E-state index in [0.29, 0.717) is 12.2 Å². The van der Waals surface area contributed by atoms with Crippen molar-refractivity contribution in [3.8, 4) is 0 Å². The fourth-order valence-corrected chi connectivity index (χ4v) is 3.73. The number of nitrogens with zero attached hydrogens (tertiary/aromatic N) is 3. The Morgan fingerprint density at radius 2 is 2.12 bits per heavy atom. The summed E-state index contributed by atoms with van der Waals surface area (Å²) < 4.78 is 0. The quantitative estimate of drug-likeness (QED) is 0.674. The Hall–Kier alpha value is -2.34. The van der Waals surface area contributed by atoms with Crippen LogP contribution in [-0.4, -0.2) is 32.7 Å². The lowest BCUT2D eigenvalue weighted by molar-refractivity contribution is -0.118. The van der Waals surface area contributed by atoms with Crippen molar-refractivity contribution in [1.29, 1.82) is 0 Å². The molecule has 130 valence electrons. The summed E-state index contributed by atoms with van der Waals surface area (Å²) in [6.07, 6.45) is 2.45. The van der Waals surface area contributed by atoms with E-state index in [4.69, 9.17) is 0 Å². The van der Waals surface area contributed by atoms with Crippen LogP contribution in [0.2, 0.25) is 0 Å². The highest BCUT2D eigenvalue weighted by Gasteiger charge is 2.25. The summed E-state index contributed by atoms with van der Waals surface area (Å²) in [5.41, 5.74) is 3.65. The zero-order valence-corrected chi connectivity index (χ0v) is 15.5. The largest absolute Gasteiger partial charge is 0.332 e. The lowest BCUT2D eigenvalue weighted by Crippen LogP contribution is -2.37. The third-order valence-corrected chi connectivity index (χ3v) is 5.27. The van der Waals surface area contributed by atoms with Gasteiger partial charge in [0.15, 0.2) is 10.8 Å². The first-order chi connectivity index (χ1) is 12.1. The molecule has 2 aromatic heterocycles. The number of fused-ring (bicyclic) bond motifs is 1. The number of rotatable bonds is 6. The van der Waals surface area contributed by atoms with Gasteiger partial charge in [0.2, 0.25) is 5.91 Å². The van der Waals surface area contributed by atoms with Crippen LogP contribution in [0.3, 0.4) is 0 Å². The van der Waals surface area contributed by atoms with E-state index >= 15 is 0 Å². The summed E-state index contributed by atoms with van der Waals surface area (Å²) in [6.45, 7) is 6.71. The lowest BCUT2D eigenvalue weighted by atomic mass is 10.2. The van der Waals surface area contributed by atoms with Gasteiger partial charge in [-0.3, -0.25) is 4.79 Å². The summed E-state index contributed by atoms with van der Waals surface area (Å²) >= 11 is 1.47. The maximum absolute atomic E-state index is 13.1. The van der Waals surface area contributed by atoms with Crippen molar-refractivity contribution in [3.05, 3.63) is 48.2 Å². The van der Waals surface area contributed by atoms with Crippen molar-refractivity contribution < 1.29 is 4.79 Å². The fourth-order valence-electron chi connectivity index (χ4n) is 2.76. The third kappa shape index (κ3) is 3.85. The molecule has 0 saturated heterocycles.